The molecule has 0 bridgehead atoms. The summed E-state index contributed by atoms with van der Waals surface area (Å²) in [6.07, 6.45) is 1.81. The number of fused-ring (bicyclic) bond motifs is 1. The fourth-order valence-corrected chi connectivity index (χ4v) is 2.58. The molecule has 0 fully saturated rings. The monoisotopic (exact) mass is 345 g/mol. The Morgan fingerprint density at radius 2 is 1.92 bits per heavy atom. The number of rotatable bonds is 5. The Bertz CT molecular complexity index is 908. The van der Waals surface area contributed by atoms with Crippen LogP contribution in [0.1, 0.15) is 0 Å². The van der Waals surface area contributed by atoms with Gasteiger partial charge in [-0.25, -0.2) is 13.6 Å². The van der Waals surface area contributed by atoms with Crippen LogP contribution in [0.5, 0.6) is 0 Å². The minimum Gasteiger partial charge on any atom is -0.383 e. The minimum absolute atomic E-state index is 0.166. The molecule has 2 N–H and O–H groups in total. The number of para-hydroxylation sites is 1. The first-order valence-electron chi connectivity index (χ1n) is 7.68. The van der Waals surface area contributed by atoms with Crippen LogP contribution in [0.2, 0.25) is 0 Å². The summed E-state index contributed by atoms with van der Waals surface area (Å²) >= 11 is 0. The van der Waals surface area contributed by atoms with Crippen LogP contribution in [-0.2, 0) is 11.3 Å². The largest absolute Gasteiger partial charge is 0.383 e. The van der Waals surface area contributed by atoms with Gasteiger partial charge in [-0.2, -0.15) is 0 Å². The molecule has 0 aliphatic carbocycles. The van der Waals surface area contributed by atoms with Crippen molar-refractivity contribution in [3.63, 3.8) is 0 Å². The van der Waals surface area contributed by atoms with E-state index in [9.17, 15) is 13.6 Å². The van der Waals surface area contributed by atoms with Gasteiger partial charge in [-0.3, -0.25) is 0 Å². The number of aromatic nitrogens is 1. The number of nitrogens with one attached hydrogen (secondary N) is 2. The standard InChI is InChI=1S/C18H17F2N3O2/c1-25-9-8-23-11-16(13-4-2-3-5-17(13)23)22-18(24)21-12-6-7-14(19)15(20)10-12/h2-7,10-11H,8-9H2,1H3,(H2,21,22,24). The highest BCUT2D eigenvalue weighted by Crippen LogP contribution is 2.26. The molecule has 0 atom stereocenters. The third-order valence-corrected chi connectivity index (χ3v) is 3.75. The van der Waals surface area contributed by atoms with Gasteiger partial charge in [0.05, 0.1) is 17.8 Å². The normalized spacial score (nSPS) is 10.8. The van der Waals surface area contributed by atoms with Crippen LogP contribution < -0.4 is 10.6 Å². The first kappa shape index (κ1) is 16.9. The second-order valence-electron chi connectivity index (χ2n) is 5.45. The van der Waals surface area contributed by atoms with Crippen LogP contribution in [0.4, 0.5) is 25.0 Å². The highest BCUT2D eigenvalue weighted by atomic mass is 19.2. The smallest absolute Gasteiger partial charge is 0.323 e. The summed E-state index contributed by atoms with van der Waals surface area (Å²) in [5, 5.41) is 6.10. The SMILES string of the molecule is COCCn1cc(NC(=O)Nc2ccc(F)c(F)c2)c2ccccc21. The zero-order chi connectivity index (χ0) is 17.8. The number of carbonyl (C=O) groups excluding carboxylic acids is 1. The van der Waals surface area contributed by atoms with Crippen molar-refractivity contribution in [3.05, 3.63) is 60.3 Å². The van der Waals surface area contributed by atoms with Crippen LogP contribution in [0.3, 0.4) is 0 Å². The molecule has 0 aliphatic rings. The molecular formula is C18H17F2N3O2. The molecule has 0 unspecified atom stereocenters. The highest BCUT2D eigenvalue weighted by Gasteiger charge is 2.11. The van der Waals surface area contributed by atoms with Gasteiger partial charge in [0.2, 0.25) is 0 Å². The Morgan fingerprint density at radius 3 is 2.68 bits per heavy atom. The minimum atomic E-state index is -1.02. The molecule has 2 aromatic carbocycles. The topological polar surface area (TPSA) is 55.3 Å². The van der Waals surface area contributed by atoms with Gasteiger partial charge < -0.3 is 19.9 Å². The van der Waals surface area contributed by atoms with Crippen LogP contribution in [0, 0.1) is 11.6 Å². The van der Waals surface area contributed by atoms with Crippen molar-refractivity contribution in [3.8, 4) is 0 Å². The Balaban J connectivity index is 1.79. The Hall–Kier alpha value is -2.93. The average Bonchev–Trinajstić information content (AvgIpc) is 2.94. The molecule has 0 saturated heterocycles. The third-order valence-electron chi connectivity index (χ3n) is 3.75. The first-order valence-corrected chi connectivity index (χ1v) is 7.68. The molecular weight excluding hydrogens is 328 g/mol. The van der Waals surface area contributed by atoms with E-state index in [0.29, 0.717) is 18.8 Å². The summed E-state index contributed by atoms with van der Waals surface area (Å²) in [4.78, 5) is 12.2. The van der Waals surface area contributed by atoms with E-state index in [1.54, 1.807) is 7.11 Å². The molecule has 0 radical (unpaired) electrons. The molecule has 0 spiro atoms. The van der Waals surface area contributed by atoms with Crippen LogP contribution in [-0.4, -0.2) is 24.3 Å². The van der Waals surface area contributed by atoms with E-state index < -0.39 is 17.7 Å². The molecule has 0 saturated carbocycles. The van der Waals surface area contributed by atoms with E-state index in [1.165, 1.54) is 6.07 Å². The maximum atomic E-state index is 13.2. The lowest BCUT2D eigenvalue weighted by Gasteiger charge is -2.07. The predicted molar refractivity (Wildman–Crippen MR) is 92.8 cm³/mol. The number of nitrogens with zero attached hydrogens (tertiary/aromatic N) is 1. The van der Waals surface area contributed by atoms with Gasteiger partial charge in [-0.15, -0.1) is 0 Å². The summed E-state index contributed by atoms with van der Waals surface area (Å²) in [5.41, 5.74) is 1.74. The number of methoxy groups -OCH3 is 1. The van der Waals surface area contributed by atoms with Gasteiger partial charge in [0, 0.05) is 37.0 Å². The molecule has 130 valence electrons. The number of urea groups is 1. The van der Waals surface area contributed by atoms with E-state index >= 15 is 0 Å². The zero-order valence-corrected chi connectivity index (χ0v) is 13.6. The average molecular weight is 345 g/mol. The Morgan fingerprint density at radius 1 is 1.12 bits per heavy atom. The zero-order valence-electron chi connectivity index (χ0n) is 13.6. The van der Waals surface area contributed by atoms with Crippen molar-refractivity contribution in [2.75, 3.05) is 24.4 Å². The van der Waals surface area contributed by atoms with Gasteiger partial charge >= 0.3 is 6.03 Å². The van der Waals surface area contributed by atoms with Crippen molar-refractivity contribution < 1.29 is 18.3 Å². The quantitative estimate of drug-likeness (QED) is 0.728. The van der Waals surface area contributed by atoms with E-state index in [2.05, 4.69) is 10.6 Å². The lowest BCUT2D eigenvalue weighted by atomic mass is 10.2. The summed E-state index contributed by atoms with van der Waals surface area (Å²) in [6, 6.07) is 10.3. The first-order chi connectivity index (χ1) is 12.1. The highest BCUT2D eigenvalue weighted by molar-refractivity contribution is 6.06. The third kappa shape index (κ3) is 3.77. The van der Waals surface area contributed by atoms with Gasteiger partial charge in [0.25, 0.3) is 0 Å². The van der Waals surface area contributed by atoms with Gasteiger partial charge in [-0.1, -0.05) is 18.2 Å². The molecule has 5 nitrogen and oxygen atoms in total. The second-order valence-corrected chi connectivity index (χ2v) is 5.45. The molecule has 2 amide bonds. The number of carbonyl (C=O) groups is 1. The maximum Gasteiger partial charge on any atom is 0.323 e. The van der Waals surface area contributed by atoms with Crippen molar-refractivity contribution in [1.82, 2.24) is 4.57 Å². The molecule has 0 aliphatic heterocycles. The molecule has 3 aromatic rings. The molecule has 25 heavy (non-hydrogen) atoms. The summed E-state index contributed by atoms with van der Waals surface area (Å²) < 4.78 is 33.2. The van der Waals surface area contributed by atoms with Gasteiger partial charge in [0.15, 0.2) is 11.6 Å². The summed E-state index contributed by atoms with van der Waals surface area (Å²) in [7, 11) is 1.63. The van der Waals surface area contributed by atoms with E-state index in [-0.39, 0.29) is 5.69 Å². The lowest BCUT2D eigenvalue weighted by molar-refractivity contribution is 0.188. The number of anilines is 2. The Kier molecular flexibility index (Phi) is 4.95. The number of hydrogen-bond donors (Lipinski definition) is 2. The molecule has 1 aromatic heterocycles. The fourth-order valence-electron chi connectivity index (χ4n) is 2.58. The number of hydrogen-bond acceptors (Lipinski definition) is 2. The van der Waals surface area contributed by atoms with E-state index in [0.717, 1.165) is 23.0 Å². The van der Waals surface area contributed by atoms with E-state index in [1.807, 2.05) is 35.0 Å². The second kappa shape index (κ2) is 7.31. The number of amides is 2. The number of halogens is 2. The molecule has 1 heterocycles. The van der Waals surface area contributed by atoms with Crippen molar-refractivity contribution in [1.29, 1.82) is 0 Å². The Labute approximate surface area is 143 Å². The summed E-state index contributed by atoms with van der Waals surface area (Å²) in [5.74, 6) is -1.99. The van der Waals surface area contributed by atoms with Crippen LogP contribution >= 0.6 is 0 Å². The van der Waals surface area contributed by atoms with Gasteiger partial charge in [-0.05, 0) is 18.2 Å². The lowest BCUT2D eigenvalue weighted by Crippen LogP contribution is -2.19. The van der Waals surface area contributed by atoms with E-state index in [4.69, 9.17) is 4.74 Å². The molecule has 7 heteroatoms. The van der Waals surface area contributed by atoms with Crippen LogP contribution in [0.15, 0.2) is 48.7 Å². The number of benzene rings is 2. The van der Waals surface area contributed by atoms with Gasteiger partial charge in [0.1, 0.15) is 0 Å². The predicted octanol–water partition coefficient (Wildman–Crippen LogP) is 4.21. The van der Waals surface area contributed by atoms with Crippen molar-refractivity contribution >= 4 is 28.3 Å². The molecule has 3 rings (SSSR count). The maximum absolute atomic E-state index is 13.2. The van der Waals surface area contributed by atoms with Crippen LogP contribution in [0.25, 0.3) is 10.9 Å². The van der Waals surface area contributed by atoms with Crippen molar-refractivity contribution in [2.45, 2.75) is 6.54 Å². The summed E-state index contributed by atoms with van der Waals surface area (Å²) in [6.45, 7) is 1.18. The fraction of sp³-hybridized carbons (Fsp3) is 0.167. The number of ether oxygens (including phenoxy) is 1. The van der Waals surface area contributed by atoms with Crippen molar-refractivity contribution in [2.24, 2.45) is 0 Å².